The second kappa shape index (κ2) is 16.9. The van der Waals surface area contributed by atoms with E-state index in [9.17, 15) is 0 Å². The molecule has 1 aliphatic rings. The van der Waals surface area contributed by atoms with Gasteiger partial charge in [-0.15, -0.1) is 11.3 Å². The third kappa shape index (κ3) is 7.39. The molecule has 0 saturated carbocycles. The molecule has 0 saturated heterocycles. The Hall–Kier alpha value is -4.80. The van der Waals surface area contributed by atoms with Crippen molar-refractivity contribution in [2.45, 2.75) is 83.5 Å². The zero-order valence-electron chi connectivity index (χ0n) is 31.9. The van der Waals surface area contributed by atoms with Crippen molar-refractivity contribution in [1.82, 2.24) is 0 Å². The fourth-order valence-electron chi connectivity index (χ4n) is 8.19. The van der Waals surface area contributed by atoms with Gasteiger partial charge in [-0.05, 0) is 137 Å². The molecule has 0 fully saturated rings. The van der Waals surface area contributed by atoms with E-state index in [0.717, 1.165) is 41.4 Å². The minimum Gasteiger partial charge on any atom is -0.497 e. The van der Waals surface area contributed by atoms with Crippen LogP contribution < -0.4 is 14.4 Å². The number of ether oxygens (including phenoxy) is 2. The van der Waals surface area contributed by atoms with Crippen LogP contribution in [0.2, 0.25) is 0 Å². The lowest BCUT2D eigenvalue weighted by molar-refractivity contribution is 0.415. The third-order valence-corrected chi connectivity index (χ3v) is 12.0. The Bertz CT molecular complexity index is 1960. The number of fused-ring (bicyclic) bond motifs is 3. The highest BCUT2D eigenvalue weighted by atomic mass is 32.1. The fraction of sp³-hybridized carbons (Fsp3) is 0.306. The van der Waals surface area contributed by atoms with Crippen LogP contribution in [0.15, 0.2) is 127 Å². The average molecular weight is 720 g/mol. The molecule has 6 aromatic rings. The monoisotopic (exact) mass is 719 g/mol. The number of aryl methyl sites for hydroxylation is 2. The Kier molecular flexibility index (Phi) is 11.7. The first kappa shape index (κ1) is 36.6. The van der Waals surface area contributed by atoms with Gasteiger partial charge in [0.2, 0.25) is 0 Å². The zero-order valence-corrected chi connectivity index (χ0v) is 32.7. The van der Waals surface area contributed by atoms with Crippen LogP contribution in [0, 0.1) is 0 Å². The summed E-state index contributed by atoms with van der Waals surface area (Å²) in [5.41, 5.74) is 12.3. The summed E-state index contributed by atoms with van der Waals surface area (Å²) >= 11 is 1.86. The van der Waals surface area contributed by atoms with Gasteiger partial charge in [-0.25, -0.2) is 0 Å². The van der Waals surface area contributed by atoms with E-state index in [1.165, 1.54) is 95.2 Å². The van der Waals surface area contributed by atoms with E-state index in [2.05, 4.69) is 121 Å². The first-order chi connectivity index (χ1) is 26.1. The topological polar surface area (TPSA) is 21.7 Å². The van der Waals surface area contributed by atoms with Gasteiger partial charge in [-0.3, -0.25) is 0 Å². The summed E-state index contributed by atoms with van der Waals surface area (Å²) in [5, 5.41) is 2.28. The van der Waals surface area contributed by atoms with Crippen LogP contribution >= 0.6 is 11.3 Å². The van der Waals surface area contributed by atoms with E-state index in [-0.39, 0.29) is 0 Å². The average Bonchev–Trinajstić information content (AvgIpc) is 3.80. The van der Waals surface area contributed by atoms with Crippen molar-refractivity contribution < 1.29 is 9.47 Å². The molecule has 53 heavy (non-hydrogen) atoms. The largest absolute Gasteiger partial charge is 0.497 e. The van der Waals surface area contributed by atoms with Crippen LogP contribution in [0.25, 0.3) is 10.4 Å². The smallest absolute Gasteiger partial charge is 0.119 e. The van der Waals surface area contributed by atoms with Crippen LogP contribution in [-0.4, -0.2) is 14.2 Å². The number of methoxy groups -OCH3 is 2. The summed E-state index contributed by atoms with van der Waals surface area (Å²) in [5.74, 6) is 1.67. The molecule has 0 bridgehead atoms. The van der Waals surface area contributed by atoms with Gasteiger partial charge in [0.15, 0.2) is 0 Å². The molecule has 0 spiro atoms. The van der Waals surface area contributed by atoms with Gasteiger partial charge in [0.1, 0.15) is 11.5 Å². The molecule has 0 unspecified atom stereocenters. The van der Waals surface area contributed by atoms with E-state index < -0.39 is 5.41 Å². The zero-order chi connectivity index (χ0) is 36.6. The van der Waals surface area contributed by atoms with Crippen LogP contribution in [0.3, 0.4) is 0 Å². The molecule has 1 heterocycles. The molecule has 7 rings (SSSR count). The molecule has 272 valence electrons. The number of hydrogen-bond acceptors (Lipinski definition) is 4. The summed E-state index contributed by atoms with van der Waals surface area (Å²) < 4.78 is 11.1. The minimum absolute atomic E-state index is 0.451. The number of unbranched alkanes of at least 4 members (excludes halogenated alkanes) is 6. The first-order valence-electron chi connectivity index (χ1n) is 19.6. The molecular formula is C49H53NO2S. The predicted octanol–water partition coefficient (Wildman–Crippen LogP) is 13.8. The molecule has 0 atom stereocenters. The molecule has 1 aliphatic carbocycles. The second-order valence-electron chi connectivity index (χ2n) is 14.4. The Morgan fingerprint density at radius 2 is 1.00 bits per heavy atom. The van der Waals surface area contributed by atoms with Gasteiger partial charge < -0.3 is 14.4 Å². The van der Waals surface area contributed by atoms with Crippen LogP contribution in [0.1, 0.15) is 98.6 Å². The Morgan fingerprint density at radius 1 is 0.509 bits per heavy atom. The van der Waals surface area contributed by atoms with Gasteiger partial charge in [0, 0.05) is 21.9 Å². The number of nitrogens with zero attached hydrogens (tertiary/aromatic N) is 1. The summed E-state index contributed by atoms with van der Waals surface area (Å²) in [4.78, 5) is 3.70. The van der Waals surface area contributed by atoms with Crippen LogP contribution in [0.4, 0.5) is 17.1 Å². The number of anilines is 3. The van der Waals surface area contributed by atoms with E-state index in [4.69, 9.17) is 9.47 Å². The van der Waals surface area contributed by atoms with Gasteiger partial charge >= 0.3 is 0 Å². The molecule has 3 nitrogen and oxygen atoms in total. The third-order valence-electron chi connectivity index (χ3n) is 11.1. The van der Waals surface area contributed by atoms with E-state index in [1.807, 2.05) is 35.6 Å². The first-order valence-corrected chi connectivity index (χ1v) is 20.5. The standard InChI is InChI=1S/C49H53NO2S/c1-5-7-9-11-13-36-15-19-38(20-16-36)49(39-21-17-37(18-22-39)14-12-10-8-6-2)46-33-34-53-48(46)45-32-27-42(35-47(45)49)50(40-23-28-43(51-3)29-24-40)41-25-30-44(52-4)31-26-41/h15-35H,5-14H2,1-4H3. The normalized spacial score (nSPS) is 12.7. The molecule has 0 aliphatic heterocycles. The van der Waals surface area contributed by atoms with Crippen molar-refractivity contribution in [3.8, 4) is 21.9 Å². The highest BCUT2D eigenvalue weighted by Gasteiger charge is 2.47. The Labute approximate surface area is 321 Å². The van der Waals surface area contributed by atoms with Crippen molar-refractivity contribution in [1.29, 1.82) is 0 Å². The number of thiophene rings is 1. The summed E-state index contributed by atoms with van der Waals surface area (Å²) in [6.07, 6.45) is 12.5. The van der Waals surface area contributed by atoms with Crippen molar-refractivity contribution >= 4 is 28.4 Å². The lowest BCUT2D eigenvalue weighted by Crippen LogP contribution is -2.28. The predicted molar refractivity (Wildman–Crippen MR) is 225 cm³/mol. The number of benzene rings is 5. The van der Waals surface area contributed by atoms with Crippen molar-refractivity contribution in [2.75, 3.05) is 19.1 Å². The quantitative estimate of drug-likeness (QED) is 0.0875. The Morgan fingerprint density at radius 3 is 1.47 bits per heavy atom. The van der Waals surface area contributed by atoms with Gasteiger partial charge in [0.25, 0.3) is 0 Å². The summed E-state index contributed by atoms with van der Waals surface area (Å²) in [6.45, 7) is 4.56. The molecular weight excluding hydrogens is 667 g/mol. The molecule has 0 N–H and O–H groups in total. The maximum atomic E-state index is 5.55. The van der Waals surface area contributed by atoms with E-state index >= 15 is 0 Å². The SMILES string of the molecule is CCCCCCc1ccc(C2(c3ccc(CCCCCC)cc3)c3cc(N(c4ccc(OC)cc4)c4ccc(OC)cc4)ccc3-c3sccc32)cc1. The molecule has 5 aromatic carbocycles. The van der Waals surface area contributed by atoms with Gasteiger partial charge in [-0.1, -0.05) is 107 Å². The fourth-order valence-corrected chi connectivity index (χ4v) is 9.18. The van der Waals surface area contributed by atoms with Crippen LogP contribution in [0.5, 0.6) is 11.5 Å². The highest BCUT2D eigenvalue weighted by Crippen LogP contribution is 2.59. The maximum Gasteiger partial charge on any atom is 0.119 e. The van der Waals surface area contributed by atoms with Gasteiger partial charge in [0.05, 0.1) is 19.6 Å². The van der Waals surface area contributed by atoms with Crippen molar-refractivity contribution in [2.24, 2.45) is 0 Å². The highest BCUT2D eigenvalue weighted by molar-refractivity contribution is 7.14. The molecule has 4 heteroatoms. The number of rotatable bonds is 17. The van der Waals surface area contributed by atoms with E-state index in [0.29, 0.717) is 0 Å². The number of hydrogen-bond donors (Lipinski definition) is 0. The summed E-state index contributed by atoms with van der Waals surface area (Å²) in [6, 6.07) is 45.4. The van der Waals surface area contributed by atoms with E-state index in [1.54, 1.807) is 14.2 Å². The lowest BCUT2D eigenvalue weighted by atomic mass is 9.67. The lowest BCUT2D eigenvalue weighted by Gasteiger charge is -2.35. The molecule has 1 aromatic heterocycles. The van der Waals surface area contributed by atoms with Crippen LogP contribution in [-0.2, 0) is 18.3 Å². The van der Waals surface area contributed by atoms with Crippen molar-refractivity contribution in [3.05, 3.63) is 160 Å². The van der Waals surface area contributed by atoms with Crippen molar-refractivity contribution in [3.63, 3.8) is 0 Å². The Balaban J connectivity index is 1.38. The molecule has 0 amide bonds. The molecule has 0 radical (unpaired) electrons. The maximum absolute atomic E-state index is 5.55. The van der Waals surface area contributed by atoms with Gasteiger partial charge in [-0.2, -0.15) is 0 Å². The minimum atomic E-state index is -0.451. The second-order valence-corrected chi connectivity index (χ2v) is 15.3. The summed E-state index contributed by atoms with van der Waals surface area (Å²) in [7, 11) is 3.43.